The van der Waals surface area contributed by atoms with E-state index in [1.165, 1.54) is 11.1 Å². The van der Waals surface area contributed by atoms with Gasteiger partial charge in [-0.1, -0.05) is 54.1 Å². The Morgan fingerprint density at radius 1 is 0.889 bits per heavy atom. The Hall–Kier alpha value is -2.41. The summed E-state index contributed by atoms with van der Waals surface area (Å²) < 4.78 is 0. The van der Waals surface area contributed by atoms with E-state index in [1.807, 2.05) is 49.6 Å². The lowest BCUT2D eigenvalue weighted by Gasteiger charge is -2.13. The molecule has 0 saturated heterocycles. The third-order valence-corrected chi connectivity index (χ3v) is 3.97. The topological polar surface area (TPSA) is 49.3 Å². The lowest BCUT2D eigenvalue weighted by molar-refractivity contribution is 0.890. The van der Waals surface area contributed by atoms with E-state index in [9.17, 15) is 0 Å². The number of guanidine groups is 1. The SMILES string of the molecule is Cc1ccc(CNC(=NCc2cncc(C)c2)Nc2ccccc2)cc1.I. The molecular weight excluding hydrogens is 447 g/mol. The van der Waals surface area contributed by atoms with E-state index in [2.05, 4.69) is 52.9 Å². The molecular formula is C22H25IN4. The Balaban J connectivity index is 0.00000261. The second kappa shape index (κ2) is 10.7. The Morgan fingerprint density at radius 3 is 2.33 bits per heavy atom. The van der Waals surface area contributed by atoms with Crippen LogP contribution in [0.3, 0.4) is 0 Å². The van der Waals surface area contributed by atoms with Crippen LogP contribution in [-0.2, 0) is 13.1 Å². The summed E-state index contributed by atoms with van der Waals surface area (Å²) >= 11 is 0. The summed E-state index contributed by atoms with van der Waals surface area (Å²) in [5.41, 5.74) is 5.72. The van der Waals surface area contributed by atoms with Gasteiger partial charge in [-0.3, -0.25) is 4.98 Å². The molecule has 3 aromatic rings. The van der Waals surface area contributed by atoms with E-state index in [0.29, 0.717) is 13.1 Å². The minimum atomic E-state index is 0. The molecule has 0 aliphatic rings. The van der Waals surface area contributed by atoms with Gasteiger partial charge in [0.1, 0.15) is 0 Å². The van der Waals surface area contributed by atoms with Crippen LogP contribution >= 0.6 is 24.0 Å². The maximum absolute atomic E-state index is 4.72. The number of para-hydroxylation sites is 1. The molecule has 0 fully saturated rings. The van der Waals surface area contributed by atoms with Gasteiger partial charge in [-0.25, -0.2) is 4.99 Å². The summed E-state index contributed by atoms with van der Waals surface area (Å²) in [5, 5.41) is 6.77. The number of nitrogens with one attached hydrogen (secondary N) is 2. The van der Waals surface area contributed by atoms with Crippen molar-refractivity contribution in [2.75, 3.05) is 5.32 Å². The lowest BCUT2D eigenvalue weighted by Crippen LogP contribution is -2.30. The number of aliphatic imine (C=N–C) groups is 1. The second-order valence-corrected chi connectivity index (χ2v) is 6.37. The van der Waals surface area contributed by atoms with Crippen LogP contribution in [0.15, 0.2) is 78.0 Å². The van der Waals surface area contributed by atoms with Crippen LogP contribution in [0.2, 0.25) is 0 Å². The normalized spacial score (nSPS) is 10.8. The predicted octanol–water partition coefficient (Wildman–Crippen LogP) is 5.07. The quantitative estimate of drug-likeness (QED) is 0.310. The Labute approximate surface area is 178 Å². The third-order valence-electron chi connectivity index (χ3n) is 3.97. The van der Waals surface area contributed by atoms with Crippen LogP contribution in [-0.4, -0.2) is 10.9 Å². The molecule has 4 nitrogen and oxygen atoms in total. The van der Waals surface area contributed by atoms with Gasteiger partial charge in [0.2, 0.25) is 0 Å². The van der Waals surface area contributed by atoms with Gasteiger partial charge in [0.25, 0.3) is 0 Å². The molecule has 0 saturated carbocycles. The highest BCUT2D eigenvalue weighted by Gasteiger charge is 2.02. The van der Waals surface area contributed by atoms with Crippen molar-refractivity contribution in [3.63, 3.8) is 0 Å². The second-order valence-electron chi connectivity index (χ2n) is 6.37. The maximum Gasteiger partial charge on any atom is 0.196 e. The van der Waals surface area contributed by atoms with Crippen molar-refractivity contribution < 1.29 is 0 Å². The van der Waals surface area contributed by atoms with Crippen molar-refractivity contribution in [1.29, 1.82) is 0 Å². The van der Waals surface area contributed by atoms with Gasteiger partial charge in [0.05, 0.1) is 6.54 Å². The highest BCUT2D eigenvalue weighted by atomic mass is 127. The number of hydrogen-bond donors (Lipinski definition) is 2. The number of benzene rings is 2. The zero-order valence-corrected chi connectivity index (χ0v) is 18.0. The van der Waals surface area contributed by atoms with Gasteiger partial charge in [-0.05, 0) is 42.7 Å². The molecule has 27 heavy (non-hydrogen) atoms. The molecule has 1 aromatic heterocycles. The molecule has 0 radical (unpaired) electrons. The lowest BCUT2D eigenvalue weighted by atomic mass is 10.1. The van der Waals surface area contributed by atoms with E-state index in [0.717, 1.165) is 22.8 Å². The van der Waals surface area contributed by atoms with E-state index >= 15 is 0 Å². The molecule has 2 N–H and O–H groups in total. The van der Waals surface area contributed by atoms with Crippen LogP contribution < -0.4 is 10.6 Å². The number of nitrogens with zero attached hydrogens (tertiary/aromatic N) is 2. The Morgan fingerprint density at radius 2 is 1.63 bits per heavy atom. The van der Waals surface area contributed by atoms with Gasteiger partial charge in [-0.2, -0.15) is 0 Å². The molecule has 3 rings (SSSR count). The molecule has 0 bridgehead atoms. The first-order chi connectivity index (χ1) is 12.7. The van der Waals surface area contributed by atoms with Crippen molar-refractivity contribution in [3.8, 4) is 0 Å². The van der Waals surface area contributed by atoms with E-state index < -0.39 is 0 Å². The first-order valence-corrected chi connectivity index (χ1v) is 8.75. The zero-order chi connectivity index (χ0) is 18.2. The molecule has 140 valence electrons. The minimum Gasteiger partial charge on any atom is -0.352 e. The molecule has 0 aliphatic carbocycles. The van der Waals surface area contributed by atoms with Crippen LogP contribution in [0.25, 0.3) is 0 Å². The van der Waals surface area contributed by atoms with Crippen molar-refractivity contribution in [2.24, 2.45) is 4.99 Å². The molecule has 0 amide bonds. The average Bonchev–Trinajstić information content (AvgIpc) is 2.66. The first-order valence-electron chi connectivity index (χ1n) is 8.75. The van der Waals surface area contributed by atoms with Crippen LogP contribution in [0.4, 0.5) is 5.69 Å². The molecule has 1 heterocycles. The molecule has 0 spiro atoms. The number of halogens is 1. The summed E-state index contributed by atoms with van der Waals surface area (Å²) in [5.74, 6) is 0.748. The number of aryl methyl sites for hydroxylation is 2. The summed E-state index contributed by atoms with van der Waals surface area (Å²) in [6.45, 7) is 5.42. The maximum atomic E-state index is 4.72. The first kappa shape index (κ1) is 20.9. The number of anilines is 1. The van der Waals surface area contributed by atoms with Gasteiger partial charge >= 0.3 is 0 Å². The summed E-state index contributed by atoms with van der Waals surface area (Å²) in [7, 11) is 0. The van der Waals surface area contributed by atoms with Gasteiger partial charge in [0, 0.05) is 24.6 Å². The average molecular weight is 472 g/mol. The number of rotatable bonds is 5. The molecule has 5 heteroatoms. The minimum absolute atomic E-state index is 0. The number of hydrogen-bond acceptors (Lipinski definition) is 2. The monoisotopic (exact) mass is 472 g/mol. The largest absolute Gasteiger partial charge is 0.352 e. The molecule has 0 aliphatic heterocycles. The summed E-state index contributed by atoms with van der Waals surface area (Å²) in [4.78, 5) is 8.96. The highest BCUT2D eigenvalue weighted by molar-refractivity contribution is 14.0. The highest BCUT2D eigenvalue weighted by Crippen LogP contribution is 2.08. The van der Waals surface area contributed by atoms with Crippen molar-refractivity contribution in [1.82, 2.24) is 10.3 Å². The third kappa shape index (κ3) is 7.02. The van der Waals surface area contributed by atoms with Gasteiger partial charge in [-0.15, -0.1) is 24.0 Å². The zero-order valence-electron chi connectivity index (χ0n) is 15.6. The molecule has 0 unspecified atom stereocenters. The van der Waals surface area contributed by atoms with E-state index in [-0.39, 0.29) is 24.0 Å². The van der Waals surface area contributed by atoms with Crippen LogP contribution in [0.1, 0.15) is 22.3 Å². The fourth-order valence-electron chi connectivity index (χ4n) is 2.56. The molecule has 0 atom stereocenters. The number of pyridine rings is 1. The fraction of sp³-hybridized carbons (Fsp3) is 0.182. The Bertz CT molecular complexity index is 861. The van der Waals surface area contributed by atoms with E-state index in [4.69, 9.17) is 4.99 Å². The standard InChI is InChI=1S/C22H24N4.HI/c1-17-8-10-19(11-9-17)15-24-22(26-21-6-4-3-5-7-21)25-16-20-12-18(2)13-23-14-20;/h3-14H,15-16H2,1-2H3,(H2,24,25,26);1H. The van der Waals surface area contributed by atoms with Crippen LogP contribution in [0.5, 0.6) is 0 Å². The van der Waals surface area contributed by atoms with E-state index in [1.54, 1.807) is 0 Å². The summed E-state index contributed by atoms with van der Waals surface area (Å²) in [6, 6.07) is 20.7. The van der Waals surface area contributed by atoms with Crippen molar-refractivity contribution >= 4 is 35.6 Å². The van der Waals surface area contributed by atoms with Gasteiger partial charge in [0.15, 0.2) is 5.96 Å². The Kier molecular flexibility index (Phi) is 8.26. The smallest absolute Gasteiger partial charge is 0.196 e. The van der Waals surface area contributed by atoms with Gasteiger partial charge < -0.3 is 10.6 Å². The predicted molar refractivity (Wildman–Crippen MR) is 124 cm³/mol. The fourth-order valence-corrected chi connectivity index (χ4v) is 2.56. The van der Waals surface area contributed by atoms with Crippen molar-refractivity contribution in [2.45, 2.75) is 26.9 Å². The molecule has 2 aromatic carbocycles. The number of aromatic nitrogens is 1. The van der Waals surface area contributed by atoms with Crippen molar-refractivity contribution in [3.05, 3.63) is 95.3 Å². The summed E-state index contributed by atoms with van der Waals surface area (Å²) in [6.07, 6.45) is 3.71. The van der Waals surface area contributed by atoms with Crippen LogP contribution in [0, 0.1) is 13.8 Å².